The van der Waals surface area contributed by atoms with Crippen molar-refractivity contribution in [1.29, 1.82) is 0 Å². The van der Waals surface area contributed by atoms with E-state index in [9.17, 15) is 4.79 Å². The van der Waals surface area contributed by atoms with Crippen molar-refractivity contribution in [3.8, 4) is 5.75 Å². The minimum Gasteiger partial charge on any atom is -0.497 e. The van der Waals surface area contributed by atoms with Gasteiger partial charge in [0.1, 0.15) is 5.75 Å². The van der Waals surface area contributed by atoms with Gasteiger partial charge in [-0.2, -0.15) is 0 Å². The molecule has 0 spiro atoms. The van der Waals surface area contributed by atoms with E-state index in [0.717, 1.165) is 36.1 Å². The predicted molar refractivity (Wildman–Crippen MR) is 88.4 cm³/mol. The monoisotopic (exact) mass is 301 g/mol. The molecule has 1 aliphatic carbocycles. The molecule has 1 saturated carbocycles. The van der Waals surface area contributed by atoms with Crippen molar-refractivity contribution in [3.05, 3.63) is 29.8 Å². The normalized spacial score (nSPS) is 25.0. The zero-order chi connectivity index (χ0) is 15.4. The number of carbonyl (C=O) groups excluding carboxylic acids is 1. The first kappa shape index (κ1) is 15.5. The number of fused-ring (bicyclic) bond motifs is 4. The molecule has 0 aromatic heterocycles. The molecule has 0 unspecified atom stereocenters. The molecular weight excluding hydrogens is 274 g/mol. The molecule has 2 saturated heterocycles. The zero-order valence-corrected chi connectivity index (χ0v) is 13.6. The topological polar surface area (TPSA) is 29.5 Å². The maximum atomic E-state index is 12.2. The molecule has 0 amide bonds. The van der Waals surface area contributed by atoms with Crippen LogP contribution in [0.3, 0.4) is 0 Å². The summed E-state index contributed by atoms with van der Waals surface area (Å²) in [4.78, 5) is 14.8. The van der Waals surface area contributed by atoms with Crippen LogP contribution in [0.1, 0.15) is 48.9 Å². The van der Waals surface area contributed by atoms with Crippen LogP contribution in [-0.4, -0.2) is 37.4 Å². The van der Waals surface area contributed by atoms with Crippen molar-refractivity contribution in [2.24, 2.45) is 11.8 Å². The summed E-state index contributed by atoms with van der Waals surface area (Å²) in [6.45, 7) is 3.59. The minimum atomic E-state index is 0.250. The van der Waals surface area contributed by atoms with E-state index in [1.807, 2.05) is 24.3 Å². The summed E-state index contributed by atoms with van der Waals surface area (Å²) in [6, 6.07) is 7.46. The van der Waals surface area contributed by atoms with Gasteiger partial charge in [0.15, 0.2) is 5.78 Å². The van der Waals surface area contributed by atoms with Crippen LogP contribution >= 0.6 is 0 Å². The molecule has 1 aromatic carbocycles. The third-order valence-corrected chi connectivity index (χ3v) is 5.29. The van der Waals surface area contributed by atoms with Crippen LogP contribution in [0, 0.1) is 11.8 Å². The Morgan fingerprint density at radius 3 is 2.23 bits per heavy atom. The molecule has 2 heterocycles. The molecule has 3 nitrogen and oxygen atoms in total. The summed E-state index contributed by atoms with van der Waals surface area (Å²) in [6.07, 6.45) is 7.32. The van der Waals surface area contributed by atoms with Gasteiger partial charge in [0.2, 0.25) is 0 Å². The molecule has 4 rings (SSSR count). The average Bonchev–Trinajstić information content (AvgIpc) is 2.87. The lowest BCUT2D eigenvalue weighted by molar-refractivity contribution is 0.0974. The highest BCUT2D eigenvalue weighted by molar-refractivity contribution is 5.96. The summed E-state index contributed by atoms with van der Waals surface area (Å²) in [5, 5.41) is 0. The van der Waals surface area contributed by atoms with Crippen molar-refractivity contribution < 1.29 is 9.53 Å². The minimum absolute atomic E-state index is 0.250. The Balaban J connectivity index is 1.45. The van der Waals surface area contributed by atoms with E-state index in [2.05, 4.69) is 4.90 Å². The van der Waals surface area contributed by atoms with Gasteiger partial charge >= 0.3 is 0 Å². The average molecular weight is 301 g/mol. The molecule has 2 bridgehead atoms. The third-order valence-electron chi connectivity index (χ3n) is 5.29. The fourth-order valence-corrected chi connectivity index (χ4v) is 3.97. The first-order valence-electron chi connectivity index (χ1n) is 8.64. The molecule has 3 aliphatic rings. The van der Waals surface area contributed by atoms with Crippen LogP contribution in [-0.2, 0) is 0 Å². The first-order chi connectivity index (χ1) is 10.7. The molecule has 0 atom stereocenters. The number of hydrogen-bond donors (Lipinski definition) is 0. The van der Waals surface area contributed by atoms with Gasteiger partial charge in [-0.1, -0.05) is 0 Å². The molecule has 22 heavy (non-hydrogen) atoms. The Labute approximate surface area is 133 Å². The molecular formula is C19H27NO2. The number of rotatable bonds is 6. The van der Waals surface area contributed by atoms with E-state index in [-0.39, 0.29) is 5.78 Å². The summed E-state index contributed by atoms with van der Waals surface area (Å²) < 4.78 is 5.13. The predicted octanol–water partition coefficient (Wildman–Crippen LogP) is 3.78. The summed E-state index contributed by atoms with van der Waals surface area (Å²) in [5.74, 6) is 2.88. The fourth-order valence-electron chi connectivity index (χ4n) is 3.97. The van der Waals surface area contributed by atoms with Crippen LogP contribution < -0.4 is 4.74 Å². The largest absolute Gasteiger partial charge is 0.497 e. The molecule has 0 N–H and O–H groups in total. The van der Waals surface area contributed by atoms with Gasteiger partial charge in [-0.3, -0.25) is 4.79 Å². The Morgan fingerprint density at radius 1 is 1.09 bits per heavy atom. The molecule has 120 valence electrons. The van der Waals surface area contributed by atoms with Gasteiger partial charge in [0.25, 0.3) is 0 Å². The molecule has 3 heteroatoms. The number of nitrogens with zero attached hydrogens (tertiary/aromatic N) is 1. The second-order valence-electron chi connectivity index (χ2n) is 6.90. The summed E-state index contributed by atoms with van der Waals surface area (Å²) in [5.41, 5.74) is 0.803. The number of benzene rings is 1. The van der Waals surface area contributed by atoms with Crippen molar-refractivity contribution in [1.82, 2.24) is 4.90 Å². The lowest BCUT2D eigenvalue weighted by Gasteiger charge is -2.21. The van der Waals surface area contributed by atoms with Gasteiger partial charge in [0, 0.05) is 25.1 Å². The molecule has 2 aliphatic heterocycles. The lowest BCUT2D eigenvalue weighted by Crippen LogP contribution is -2.29. The smallest absolute Gasteiger partial charge is 0.162 e. The van der Waals surface area contributed by atoms with E-state index in [1.54, 1.807) is 7.11 Å². The Hall–Kier alpha value is -1.35. The standard InChI is InChI=1S/C19H27NO2/c1-22-18-10-8-17(9-11-18)19(21)3-2-12-20-13-15-4-5-16(14-20)7-6-15/h8-11,15-16H,2-7,12-14H2,1H3. The van der Waals surface area contributed by atoms with Crippen molar-refractivity contribution >= 4 is 5.78 Å². The number of ketones is 1. The quantitative estimate of drug-likeness (QED) is 0.749. The number of Topliss-reactive ketones (excluding diaryl/α,β-unsaturated/α-hetero) is 1. The van der Waals surface area contributed by atoms with Crippen molar-refractivity contribution in [3.63, 3.8) is 0 Å². The lowest BCUT2D eigenvalue weighted by atomic mass is 9.84. The number of methoxy groups -OCH3 is 1. The Bertz CT molecular complexity index is 475. The van der Waals surface area contributed by atoms with E-state index in [1.165, 1.54) is 38.8 Å². The Kier molecular flexibility index (Phi) is 5.14. The summed E-state index contributed by atoms with van der Waals surface area (Å²) >= 11 is 0. The van der Waals surface area contributed by atoms with Gasteiger partial charge in [-0.15, -0.1) is 0 Å². The van der Waals surface area contributed by atoms with E-state index in [4.69, 9.17) is 4.74 Å². The highest BCUT2D eigenvalue weighted by Crippen LogP contribution is 2.33. The van der Waals surface area contributed by atoms with Gasteiger partial charge in [0.05, 0.1) is 7.11 Å². The molecule has 3 fully saturated rings. The van der Waals surface area contributed by atoms with E-state index < -0.39 is 0 Å². The second kappa shape index (κ2) is 7.28. The van der Waals surface area contributed by atoms with Gasteiger partial charge in [-0.05, 0) is 74.8 Å². The molecule has 0 radical (unpaired) electrons. The van der Waals surface area contributed by atoms with Crippen LogP contribution in [0.4, 0.5) is 0 Å². The van der Waals surface area contributed by atoms with Crippen molar-refractivity contribution in [2.45, 2.75) is 38.5 Å². The Morgan fingerprint density at radius 2 is 1.68 bits per heavy atom. The first-order valence-corrected chi connectivity index (χ1v) is 8.64. The SMILES string of the molecule is COc1ccc(C(=O)CCCN2CC3CCC(CC3)C2)cc1. The number of hydrogen-bond acceptors (Lipinski definition) is 3. The maximum Gasteiger partial charge on any atom is 0.162 e. The highest BCUT2D eigenvalue weighted by Gasteiger charge is 2.28. The highest BCUT2D eigenvalue weighted by atomic mass is 16.5. The zero-order valence-electron chi connectivity index (χ0n) is 13.6. The number of ether oxygens (including phenoxy) is 1. The van der Waals surface area contributed by atoms with Crippen LogP contribution in [0.5, 0.6) is 5.75 Å². The van der Waals surface area contributed by atoms with Crippen molar-refractivity contribution in [2.75, 3.05) is 26.7 Å². The van der Waals surface area contributed by atoms with E-state index in [0.29, 0.717) is 6.42 Å². The van der Waals surface area contributed by atoms with Crippen LogP contribution in [0.25, 0.3) is 0 Å². The van der Waals surface area contributed by atoms with E-state index >= 15 is 0 Å². The fraction of sp³-hybridized carbons (Fsp3) is 0.632. The van der Waals surface area contributed by atoms with Crippen LogP contribution in [0.2, 0.25) is 0 Å². The van der Waals surface area contributed by atoms with Gasteiger partial charge in [-0.25, -0.2) is 0 Å². The van der Waals surface area contributed by atoms with Gasteiger partial charge < -0.3 is 9.64 Å². The number of carbonyl (C=O) groups is 1. The maximum absolute atomic E-state index is 12.2. The third kappa shape index (κ3) is 3.89. The molecule has 1 aromatic rings. The second-order valence-corrected chi connectivity index (χ2v) is 6.90. The van der Waals surface area contributed by atoms with Crippen LogP contribution in [0.15, 0.2) is 24.3 Å². The summed E-state index contributed by atoms with van der Waals surface area (Å²) in [7, 11) is 1.64.